The zero-order valence-electron chi connectivity index (χ0n) is 16.8. The van der Waals surface area contributed by atoms with Crippen molar-refractivity contribution in [3.8, 4) is 5.75 Å². The van der Waals surface area contributed by atoms with Crippen molar-refractivity contribution >= 4 is 28.7 Å². The molecule has 8 nitrogen and oxygen atoms in total. The highest BCUT2D eigenvalue weighted by atomic mass is 16.7. The molecule has 0 aliphatic carbocycles. The number of Topliss-reactive ketones (excluding diaryl/α,β-unsaturated/α-hetero) is 1. The van der Waals surface area contributed by atoms with E-state index in [0.29, 0.717) is 34.7 Å². The summed E-state index contributed by atoms with van der Waals surface area (Å²) in [6.45, 7) is 4.10. The number of oxazole rings is 1. The minimum atomic E-state index is -0.500. The second-order valence-corrected chi connectivity index (χ2v) is 7.65. The number of nitrogens with one attached hydrogen (secondary N) is 1. The number of fused-ring (bicyclic) bond motifs is 2. The molecule has 2 aromatic carbocycles. The number of nitrogen functional groups attached to an aromatic ring is 1. The number of carbonyl (C=O) groups excluding carboxylic acids is 1. The summed E-state index contributed by atoms with van der Waals surface area (Å²) < 4.78 is 11.5. The van der Waals surface area contributed by atoms with Crippen LogP contribution >= 0.6 is 0 Å². The normalized spacial score (nSPS) is 19.6. The Hall–Kier alpha value is -3.55. The Labute approximate surface area is 173 Å². The third-order valence-electron chi connectivity index (χ3n) is 5.90. The van der Waals surface area contributed by atoms with Gasteiger partial charge in [0, 0.05) is 11.1 Å². The number of hydrogen-bond donors (Lipinski definition) is 2. The maximum Gasteiger partial charge on any atom is 0.292 e. The molecule has 0 radical (unpaired) electrons. The lowest BCUT2D eigenvalue weighted by atomic mass is 9.85. The summed E-state index contributed by atoms with van der Waals surface area (Å²) in [5.74, 6) is 1.29. The Balaban J connectivity index is 1.38. The summed E-state index contributed by atoms with van der Waals surface area (Å²) in [6, 6.07) is 11.1. The van der Waals surface area contributed by atoms with Gasteiger partial charge in [-0.05, 0) is 49.2 Å². The quantitative estimate of drug-likeness (QED) is 0.675. The van der Waals surface area contributed by atoms with Gasteiger partial charge in [-0.15, -0.1) is 0 Å². The Morgan fingerprint density at radius 3 is 2.83 bits per heavy atom. The summed E-state index contributed by atoms with van der Waals surface area (Å²) >= 11 is 0. The maximum absolute atomic E-state index is 12.8. The predicted octanol–water partition coefficient (Wildman–Crippen LogP) is 3.91. The Bertz CT molecular complexity index is 1180. The molecule has 0 fully saturated rings. The van der Waals surface area contributed by atoms with Gasteiger partial charge in [0.05, 0.1) is 12.0 Å². The fourth-order valence-corrected chi connectivity index (χ4v) is 3.97. The molecule has 154 valence electrons. The highest BCUT2D eigenvalue weighted by Gasteiger charge is 2.38. The molecule has 2 aliphatic rings. The van der Waals surface area contributed by atoms with Crippen LogP contribution in [0.3, 0.4) is 0 Å². The van der Waals surface area contributed by atoms with Crippen LogP contribution in [0.4, 0.5) is 6.01 Å². The van der Waals surface area contributed by atoms with E-state index in [4.69, 9.17) is 19.7 Å². The highest BCUT2D eigenvalue weighted by Crippen LogP contribution is 2.38. The van der Waals surface area contributed by atoms with Crippen molar-refractivity contribution in [1.29, 1.82) is 0 Å². The van der Waals surface area contributed by atoms with E-state index in [2.05, 4.69) is 29.3 Å². The number of oxime groups is 1. The molecular weight excluding hydrogens is 384 g/mol. The van der Waals surface area contributed by atoms with Crippen molar-refractivity contribution in [3.05, 3.63) is 53.1 Å². The lowest BCUT2D eigenvalue weighted by Crippen LogP contribution is -2.41. The molecule has 0 amide bonds. The first kappa shape index (κ1) is 18.5. The number of nitrogens with two attached hydrogens (primary N) is 1. The van der Waals surface area contributed by atoms with Crippen LogP contribution in [0, 0.1) is 0 Å². The van der Waals surface area contributed by atoms with E-state index in [1.165, 1.54) is 0 Å². The summed E-state index contributed by atoms with van der Waals surface area (Å²) in [5, 5.41) is 7.40. The van der Waals surface area contributed by atoms with Crippen LogP contribution in [-0.2, 0) is 4.84 Å². The van der Waals surface area contributed by atoms with Crippen LogP contribution < -0.4 is 15.8 Å². The highest BCUT2D eigenvalue weighted by molar-refractivity contribution is 6.02. The Morgan fingerprint density at radius 1 is 1.20 bits per heavy atom. The van der Waals surface area contributed by atoms with E-state index in [9.17, 15) is 4.79 Å². The van der Waals surface area contributed by atoms with Gasteiger partial charge >= 0.3 is 0 Å². The van der Waals surface area contributed by atoms with Gasteiger partial charge in [0.25, 0.3) is 6.01 Å². The number of benzene rings is 2. The average Bonchev–Trinajstić information content (AvgIpc) is 3.39. The van der Waals surface area contributed by atoms with Crippen LogP contribution in [0.1, 0.15) is 60.8 Å². The molecule has 8 heteroatoms. The molecule has 1 unspecified atom stereocenters. The molecule has 3 N–H and O–H groups in total. The molecule has 3 aromatic rings. The molecule has 1 atom stereocenters. The van der Waals surface area contributed by atoms with Crippen LogP contribution in [0.15, 0.2) is 46.0 Å². The van der Waals surface area contributed by atoms with E-state index in [-0.39, 0.29) is 11.8 Å². The monoisotopic (exact) mass is 406 g/mol. The molecular formula is C22H22N4O4. The van der Waals surface area contributed by atoms with Gasteiger partial charge in [-0.3, -0.25) is 4.79 Å². The van der Waals surface area contributed by atoms with Crippen molar-refractivity contribution in [2.75, 3.05) is 5.73 Å². The fourth-order valence-electron chi connectivity index (χ4n) is 3.97. The van der Waals surface area contributed by atoms with E-state index >= 15 is 0 Å². The number of rotatable bonds is 4. The van der Waals surface area contributed by atoms with Crippen molar-refractivity contribution < 1.29 is 18.8 Å². The van der Waals surface area contributed by atoms with Gasteiger partial charge < -0.3 is 25.0 Å². The first-order valence-corrected chi connectivity index (χ1v) is 10.0. The molecule has 5 rings (SSSR count). The number of ether oxygens (including phenoxy) is 1. The van der Waals surface area contributed by atoms with Gasteiger partial charge in [0.1, 0.15) is 16.9 Å². The van der Waals surface area contributed by atoms with Gasteiger partial charge in [-0.2, -0.15) is 4.98 Å². The van der Waals surface area contributed by atoms with E-state index in [1.54, 1.807) is 6.07 Å². The molecule has 2 aliphatic heterocycles. The molecule has 0 bridgehead atoms. The fraction of sp³-hybridized carbons (Fsp3) is 0.318. The summed E-state index contributed by atoms with van der Waals surface area (Å²) in [4.78, 5) is 22.5. The lowest BCUT2D eigenvalue weighted by molar-refractivity contribution is 0.0346. The van der Waals surface area contributed by atoms with E-state index in [0.717, 1.165) is 24.0 Å². The van der Waals surface area contributed by atoms with Crippen LogP contribution in [-0.4, -0.2) is 22.2 Å². The van der Waals surface area contributed by atoms with E-state index < -0.39 is 11.8 Å². The zero-order valence-corrected chi connectivity index (χ0v) is 16.8. The first-order chi connectivity index (χ1) is 14.5. The molecule has 3 heterocycles. The summed E-state index contributed by atoms with van der Waals surface area (Å²) in [6.07, 6.45) is 1.48. The number of amidine groups is 1. The number of nitrogens with zero attached hydrogens (tertiary/aromatic N) is 2. The molecule has 0 saturated carbocycles. The third kappa shape index (κ3) is 2.96. The number of carbonyl (C=O) groups is 1. The standard InChI is InChI=1S/C22H22N4O4/c1-3-22(4-2)11-16(27)14-9-13(6-7-17(14)29-22)20-25-19(26-30-20)12-5-8-18-15(10-12)24-21(23)28-18/h5-10,20H,3-4,11H2,1-2H3,(H2,23,24)(H,25,26). The largest absolute Gasteiger partial charge is 0.486 e. The number of anilines is 1. The molecule has 1 aromatic heterocycles. The molecule has 0 spiro atoms. The topological polar surface area (TPSA) is 112 Å². The Kier molecular flexibility index (Phi) is 4.16. The van der Waals surface area contributed by atoms with E-state index in [1.807, 2.05) is 30.3 Å². The first-order valence-electron chi connectivity index (χ1n) is 10.0. The molecule has 30 heavy (non-hydrogen) atoms. The van der Waals surface area contributed by atoms with Crippen molar-refractivity contribution in [2.24, 2.45) is 5.16 Å². The van der Waals surface area contributed by atoms with Crippen molar-refractivity contribution in [1.82, 2.24) is 10.3 Å². The predicted molar refractivity (Wildman–Crippen MR) is 111 cm³/mol. The maximum atomic E-state index is 12.8. The number of hydrogen-bond acceptors (Lipinski definition) is 8. The van der Waals surface area contributed by atoms with Crippen LogP contribution in [0.5, 0.6) is 5.75 Å². The minimum absolute atomic E-state index is 0.0926. The number of aromatic nitrogens is 1. The zero-order chi connectivity index (χ0) is 20.9. The van der Waals surface area contributed by atoms with Gasteiger partial charge in [0.2, 0.25) is 6.23 Å². The second-order valence-electron chi connectivity index (χ2n) is 7.65. The van der Waals surface area contributed by atoms with Crippen molar-refractivity contribution in [2.45, 2.75) is 44.9 Å². The summed E-state index contributed by atoms with van der Waals surface area (Å²) in [7, 11) is 0. The van der Waals surface area contributed by atoms with Gasteiger partial charge in [-0.1, -0.05) is 19.0 Å². The van der Waals surface area contributed by atoms with Crippen LogP contribution in [0.2, 0.25) is 0 Å². The second kappa shape index (κ2) is 6.76. The lowest BCUT2D eigenvalue weighted by Gasteiger charge is -2.36. The Morgan fingerprint density at radius 2 is 2.03 bits per heavy atom. The average molecular weight is 406 g/mol. The summed E-state index contributed by atoms with van der Waals surface area (Å²) in [5.41, 5.74) is 8.63. The third-order valence-corrected chi connectivity index (χ3v) is 5.90. The van der Waals surface area contributed by atoms with Crippen molar-refractivity contribution in [3.63, 3.8) is 0 Å². The smallest absolute Gasteiger partial charge is 0.292 e. The molecule has 0 saturated heterocycles. The SMILES string of the molecule is CCC1(CC)CC(=O)c2cc(C3NC(c4ccc5oc(N)nc5c4)=NO3)ccc2O1. The van der Waals surface area contributed by atoms with Crippen LogP contribution in [0.25, 0.3) is 11.1 Å². The number of ketones is 1. The van der Waals surface area contributed by atoms with Gasteiger partial charge in [0.15, 0.2) is 17.2 Å². The minimum Gasteiger partial charge on any atom is -0.486 e. The van der Waals surface area contributed by atoms with Gasteiger partial charge in [-0.25, -0.2) is 0 Å².